The second kappa shape index (κ2) is 4.15. The number of nitrogens with zero attached hydrogens (tertiary/aromatic N) is 2. The van der Waals surface area contributed by atoms with E-state index in [0.29, 0.717) is 0 Å². The van der Waals surface area contributed by atoms with Gasteiger partial charge in [-0.15, -0.1) is 11.3 Å². The number of aromatic nitrogens is 2. The first-order valence-corrected chi connectivity index (χ1v) is 5.27. The lowest BCUT2D eigenvalue weighted by atomic mass is 10.3. The normalized spacial score (nSPS) is 10.9. The number of allylic oxidation sites excluding steroid dienone is 1. The molecule has 0 amide bonds. The van der Waals surface area contributed by atoms with Crippen LogP contribution in [-0.2, 0) is 0 Å². The van der Waals surface area contributed by atoms with Gasteiger partial charge in [0, 0.05) is 23.3 Å². The fraction of sp³-hybridized carbons (Fsp3) is 0.0909. The van der Waals surface area contributed by atoms with E-state index in [9.17, 15) is 0 Å². The molecule has 2 aromatic heterocycles. The summed E-state index contributed by atoms with van der Waals surface area (Å²) in [6.07, 6.45) is 7.58. The molecular formula is C11H10N2S. The van der Waals surface area contributed by atoms with Crippen LogP contribution in [0.3, 0.4) is 0 Å². The maximum atomic E-state index is 4.46. The lowest BCUT2D eigenvalue weighted by molar-refractivity contribution is 1.30. The van der Waals surface area contributed by atoms with Crippen molar-refractivity contribution < 1.29 is 0 Å². The number of hydrogen-bond donors (Lipinski definition) is 0. The average molecular weight is 202 g/mol. The van der Waals surface area contributed by atoms with Gasteiger partial charge in [-0.05, 0) is 25.1 Å². The molecule has 0 saturated heterocycles. The SMILES string of the molecule is C/C=C/c1csc(-c2cccnc2)n1. The first-order valence-electron chi connectivity index (χ1n) is 4.39. The molecule has 3 heteroatoms. The first-order chi connectivity index (χ1) is 6.90. The summed E-state index contributed by atoms with van der Waals surface area (Å²) in [5.41, 5.74) is 2.09. The second-order valence-electron chi connectivity index (χ2n) is 2.82. The molecule has 0 atom stereocenters. The van der Waals surface area contributed by atoms with Crippen LogP contribution in [0.15, 0.2) is 36.0 Å². The van der Waals surface area contributed by atoms with E-state index in [1.165, 1.54) is 0 Å². The van der Waals surface area contributed by atoms with Crippen LogP contribution < -0.4 is 0 Å². The minimum absolute atomic E-state index is 1.01. The lowest BCUT2D eigenvalue weighted by Crippen LogP contribution is -1.77. The maximum Gasteiger partial charge on any atom is 0.125 e. The summed E-state index contributed by atoms with van der Waals surface area (Å²) in [5, 5.41) is 3.06. The molecule has 0 bridgehead atoms. The first kappa shape index (κ1) is 9.09. The largest absolute Gasteiger partial charge is 0.264 e. The van der Waals surface area contributed by atoms with Crippen molar-refractivity contribution in [2.24, 2.45) is 0 Å². The van der Waals surface area contributed by atoms with Crippen molar-refractivity contribution in [2.45, 2.75) is 6.92 Å². The van der Waals surface area contributed by atoms with Crippen LogP contribution in [0.25, 0.3) is 16.6 Å². The molecule has 0 spiro atoms. The van der Waals surface area contributed by atoms with Crippen LogP contribution in [0.4, 0.5) is 0 Å². The summed E-state index contributed by atoms with van der Waals surface area (Å²) in [6, 6.07) is 3.94. The topological polar surface area (TPSA) is 25.8 Å². The smallest absolute Gasteiger partial charge is 0.125 e. The molecule has 70 valence electrons. The quantitative estimate of drug-likeness (QED) is 0.747. The van der Waals surface area contributed by atoms with Crippen molar-refractivity contribution >= 4 is 17.4 Å². The van der Waals surface area contributed by atoms with Gasteiger partial charge < -0.3 is 0 Å². The molecule has 14 heavy (non-hydrogen) atoms. The van der Waals surface area contributed by atoms with Crippen LogP contribution in [0.1, 0.15) is 12.6 Å². The highest BCUT2D eigenvalue weighted by atomic mass is 32.1. The molecule has 0 saturated carbocycles. The fourth-order valence-electron chi connectivity index (χ4n) is 1.16. The van der Waals surface area contributed by atoms with Gasteiger partial charge in [0.15, 0.2) is 0 Å². The van der Waals surface area contributed by atoms with Crippen molar-refractivity contribution in [1.29, 1.82) is 0 Å². The van der Waals surface area contributed by atoms with Gasteiger partial charge in [0.25, 0.3) is 0 Å². The minimum Gasteiger partial charge on any atom is -0.264 e. The summed E-state index contributed by atoms with van der Waals surface area (Å²) < 4.78 is 0. The molecule has 2 heterocycles. The summed E-state index contributed by atoms with van der Waals surface area (Å²) >= 11 is 1.64. The third-order valence-corrected chi connectivity index (χ3v) is 2.68. The van der Waals surface area contributed by atoms with Crippen LogP contribution >= 0.6 is 11.3 Å². The Morgan fingerprint density at radius 1 is 1.43 bits per heavy atom. The Bertz CT molecular complexity index is 432. The van der Waals surface area contributed by atoms with E-state index in [4.69, 9.17) is 0 Å². The van der Waals surface area contributed by atoms with E-state index < -0.39 is 0 Å². The summed E-state index contributed by atoms with van der Waals surface area (Å²) in [4.78, 5) is 8.53. The Kier molecular flexibility index (Phi) is 2.70. The highest BCUT2D eigenvalue weighted by molar-refractivity contribution is 7.13. The van der Waals surface area contributed by atoms with Crippen LogP contribution in [0.2, 0.25) is 0 Å². The molecule has 0 aromatic carbocycles. The number of rotatable bonds is 2. The van der Waals surface area contributed by atoms with Crippen molar-refractivity contribution in [3.05, 3.63) is 41.7 Å². The summed E-state index contributed by atoms with van der Waals surface area (Å²) in [6.45, 7) is 1.99. The van der Waals surface area contributed by atoms with Gasteiger partial charge in [-0.1, -0.05) is 6.08 Å². The molecule has 0 unspecified atom stereocenters. The van der Waals surface area contributed by atoms with Crippen LogP contribution in [-0.4, -0.2) is 9.97 Å². The summed E-state index contributed by atoms with van der Waals surface area (Å²) in [5.74, 6) is 0. The van der Waals surface area contributed by atoms with E-state index in [-0.39, 0.29) is 0 Å². The van der Waals surface area contributed by atoms with Gasteiger partial charge in [0.2, 0.25) is 0 Å². The van der Waals surface area contributed by atoms with Crippen LogP contribution in [0.5, 0.6) is 0 Å². The van der Waals surface area contributed by atoms with Gasteiger partial charge in [-0.2, -0.15) is 0 Å². The van der Waals surface area contributed by atoms with Crippen molar-refractivity contribution in [2.75, 3.05) is 0 Å². The molecule has 2 nitrogen and oxygen atoms in total. The molecule has 0 N–H and O–H groups in total. The van der Waals surface area contributed by atoms with E-state index in [1.807, 2.05) is 42.8 Å². The van der Waals surface area contributed by atoms with Gasteiger partial charge in [0.05, 0.1) is 5.69 Å². The number of thiazole rings is 1. The maximum absolute atomic E-state index is 4.46. The predicted molar refractivity (Wildman–Crippen MR) is 60.1 cm³/mol. The highest BCUT2D eigenvalue weighted by Gasteiger charge is 2.01. The zero-order chi connectivity index (χ0) is 9.80. The Labute approximate surface area is 87.0 Å². The Morgan fingerprint density at radius 2 is 2.36 bits per heavy atom. The lowest BCUT2D eigenvalue weighted by Gasteiger charge is -1.91. The third kappa shape index (κ3) is 1.88. The van der Waals surface area contributed by atoms with Crippen molar-refractivity contribution in [3.63, 3.8) is 0 Å². The molecular weight excluding hydrogens is 192 g/mol. The van der Waals surface area contributed by atoms with E-state index in [2.05, 4.69) is 9.97 Å². The molecule has 0 aliphatic heterocycles. The standard InChI is InChI=1S/C11H10N2S/c1-2-4-10-8-14-11(13-10)9-5-3-6-12-7-9/h2-8H,1H3/b4-2+. The van der Waals surface area contributed by atoms with Crippen molar-refractivity contribution in [3.8, 4) is 10.6 Å². The monoisotopic (exact) mass is 202 g/mol. The second-order valence-corrected chi connectivity index (χ2v) is 3.68. The molecule has 0 aliphatic carbocycles. The number of hydrogen-bond acceptors (Lipinski definition) is 3. The molecule has 2 rings (SSSR count). The fourth-order valence-corrected chi connectivity index (χ4v) is 1.93. The van der Waals surface area contributed by atoms with E-state index >= 15 is 0 Å². The highest BCUT2D eigenvalue weighted by Crippen LogP contribution is 2.22. The van der Waals surface area contributed by atoms with Gasteiger partial charge in [0.1, 0.15) is 5.01 Å². The zero-order valence-electron chi connectivity index (χ0n) is 7.84. The minimum atomic E-state index is 1.01. The Balaban J connectivity index is 2.34. The molecule has 0 radical (unpaired) electrons. The van der Waals surface area contributed by atoms with Gasteiger partial charge in [-0.3, -0.25) is 4.98 Å². The number of pyridine rings is 1. The third-order valence-electron chi connectivity index (χ3n) is 1.77. The van der Waals surface area contributed by atoms with Gasteiger partial charge in [-0.25, -0.2) is 4.98 Å². The molecule has 0 fully saturated rings. The Hall–Kier alpha value is -1.48. The van der Waals surface area contributed by atoms with Gasteiger partial charge >= 0.3 is 0 Å². The zero-order valence-corrected chi connectivity index (χ0v) is 8.66. The molecule has 0 aliphatic rings. The summed E-state index contributed by atoms with van der Waals surface area (Å²) in [7, 11) is 0. The predicted octanol–water partition coefficient (Wildman–Crippen LogP) is 3.24. The molecule has 2 aromatic rings. The average Bonchev–Trinajstić information content (AvgIpc) is 2.68. The van der Waals surface area contributed by atoms with Crippen molar-refractivity contribution in [1.82, 2.24) is 9.97 Å². The van der Waals surface area contributed by atoms with E-state index in [1.54, 1.807) is 17.5 Å². The van der Waals surface area contributed by atoms with E-state index in [0.717, 1.165) is 16.3 Å². The van der Waals surface area contributed by atoms with Crippen LogP contribution in [0, 0.1) is 0 Å². The Morgan fingerprint density at radius 3 is 3.07 bits per heavy atom.